The van der Waals surface area contributed by atoms with Crippen LogP contribution in [0.3, 0.4) is 0 Å². The molecule has 1 saturated heterocycles. The number of hydrogen-bond donors (Lipinski definition) is 0. The van der Waals surface area contributed by atoms with Crippen LogP contribution in [0, 0.1) is 5.92 Å². The van der Waals surface area contributed by atoms with Crippen LogP contribution in [0.1, 0.15) is 52.3 Å². The maximum atomic E-state index is 12.9. The SMILES string of the molecule is CC(C)C1CCCN1S(=O)(=O)c1cc(CCl)n(C(C)C)c1. The summed E-state index contributed by atoms with van der Waals surface area (Å²) in [5, 5.41) is 0. The van der Waals surface area contributed by atoms with Crippen molar-refractivity contribution in [2.24, 2.45) is 5.92 Å². The fraction of sp³-hybridized carbons (Fsp3) is 0.733. The Bertz CT molecular complexity index is 593. The molecule has 4 nitrogen and oxygen atoms in total. The van der Waals surface area contributed by atoms with E-state index < -0.39 is 10.0 Å². The van der Waals surface area contributed by atoms with Crippen molar-refractivity contribution in [3.05, 3.63) is 18.0 Å². The molecule has 0 spiro atoms. The first kappa shape index (κ1) is 16.8. The molecule has 1 aliphatic rings. The Kier molecular flexibility index (Phi) is 5.06. The Labute approximate surface area is 133 Å². The van der Waals surface area contributed by atoms with Crippen LogP contribution in [0.15, 0.2) is 17.2 Å². The predicted molar refractivity (Wildman–Crippen MR) is 86.1 cm³/mol. The zero-order chi connectivity index (χ0) is 15.8. The minimum Gasteiger partial charge on any atom is -0.346 e. The van der Waals surface area contributed by atoms with Crippen molar-refractivity contribution in [1.29, 1.82) is 0 Å². The van der Waals surface area contributed by atoms with E-state index >= 15 is 0 Å². The van der Waals surface area contributed by atoms with Gasteiger partial charge < -0.3 is 4.57 Å². The van der Waals surface area contributed by atoms with Crippen LogP contribution >= 0.6 is 11.6 Å². The molecule has 1 fully saturated rings. The van der Waals surface area contributed by atoms with Crippen LogP contribution in [-0.4, -0.2) is 29.9 Å². The highest BCUT2D eigenvalue weighted by Crippen LogP contribution is 2.31. The molecule has 1 aliphatic heterocycles. The van der Waals surface area contributed by atoms with E-state index in [1.54, 1.807) is 16.6 Å². The first-order valence-electron chi connectivity index (χ1n) is 7.57. The van der Waals surface area contributed by atoms with E-state index in [2.05, 4.69) is 13.8 Å². The monoisotopic (exact) mass is 332 g/mol. The third kappa shape index (κ3) is 3.15. The first-order chi connectivity index (χ1) is 9.78. The Balaban J connectivity index is 2.40. The van der Waals surface area contributed by atoms with Gasteiger partial charge in [-0.1, -0.05) is 13.8 Å². The van der Waals surface area contributed by atoms with E-state index in [-0.39, 0.29) is 12.1 Å². The molecular formula is C15H25ClN2O2S. The fourth-order valence-corrected chi connectivity index (χ4v) is 5.18. The van der Waals surface area contributed by atoms with Crippen molar-refractivity contribution < 1.29 is 8.42 Å². The Morgan fingerprint density at radius 3 is 2.48 bits per heavy atom. The van der Waals surface area contributed by atoms with Gasteiger partial charge >= 0.3 is 0 Å². The lowest BCUT2D eigenvalue weighted by atomic mass is 10.0. The van der Waals surface area contributed by atoms with Crippen molar-refractivity contribution in [3.8, 4) is 0 Å². The minimum absolute atomic E-state index is 0.108. The van der Waals surface area contributed by atoms with Crippen LogP contribution in [0.4, 0.5) is 0 Å². The van der Waals surface area contributed by atoms with Gasteiger partial charge in [-0.3, -0.25) is 0 Å². The summed E-state index contributed by atoms with van der Waals surface area (Å²) >= 11 is 5.95. The standard InChI is InChI=1S/C15H25ClN2O2S/c1-11(2)15-6-5-7-18(15)21(19,20)14-8-13(9-16)17(10-14)12(3)4/h8,10-12,15H,5-7,9H2,1-4H3. The van der Waals surface area contributed by atoms with Gasteiger partial charge in [-0.15, -0.1) is 11.6 Å². The van der Waals surface area contributed by atoms with Crippen molar-refractivity contribution in [2.45, 2.75) is 63.4 Å². The smallest absolute Gasteiger partial charge is 0.244 e. The van der Waals surface area contributed by atoms with Crippen molar-refractivity contribution in [1.82, 2.24) is 8.87 Å². The molecule has 1 unspecified atom stereocenters. The molecule has 1 aromatic heterocycles. The second-order valence-corrected chi connectivity index (χ2v) is 8.53. The molecule has 1 aromatic rings. The number of alkyl halides is 1. The molecule has 0 N–H and O–H groups in total. The molecular weight excluding hydrogens is 308 g/mol. The lowest BCUT2D eigenvalue weighted by Crippen LogP contribution is -2.38. The topological polar surface area (TPSA) is 42.3 Å². The van der Waals surface area contributed by atoms with Crippen LogP contribution in [-0.2, 0) is 15.9 Å². The largest absolute Gasteiger partial charge is 0.346 e. The van der Waals surface area contributed by atoms with Gasteiger partial charge in [-0.05, 0) is 38.7 Å². The molecule has 21 heavy (non-hydrogen) atoms. The highest BCUT2D eigenvalue weighted by atomic mass is 35.5. The van der Waals surface area contributed by atoms with Gasteiger partial charge in [-0.25, -0.2) is 8.42 Å². The predicted octanol–water partition coefficient (Wildman–Crippen LogP) is 3.62. The molecule has 1 atom stereocenters. The van der Waals surface area contributed by atoms with Crippen LogP contribution < -0.4 is 0 Å². The number of aromatic nitrogens is 1. The second kappa shape index (κ2) is 6.31. The van der Waals surface area contributed by atoms with Gasteiger partial charge in [0.1, 0.15) is 4.90 Å². The third-order valence-electron chi connectivity index (χ3n) is 4.22. The number of rotatable bonds is 5. The molecule has 0 saturated carbocycles. The Morgan fingerprint density at radius 1 is 1.33 bits per heavy atom. The Hall–Kier alpha value is -0.520. The molecule has 0 bridgehead atoms. The number of halogens is 1. The van der Waals surface area contributed by atoms with Crippen molar-refractivity contribution in [2.75, 3.05) is 6.54 Å². The number of hydrogen-bond acceptors (Lipinski definition) is 2. The van der Waals surface area contributed by atoms with Crippen LogP contribution in [0.5, 0.6) is 0 Å². The normalized spacial score (nSPS) is 20.8. The summed E-state index contributed by atoms with van der Waals surface area (Å²) in [6.45, 7) is 8.84. The maximum absolute atomic E-state index is 12.9. The lowest BCUT2D eigenvalue weighted by molar-refractivity contribution is 0.315. The summed E-state index contributed by atoms with van der Waals surface area (Å²) in [7, 11) is -3.42. The lowest BCUT2D eigenvalue weighted by Gasteiger charge is -2.26. The average molecular weight is 333 g/mol. The number of sulfonamides is 1. The zero-order valence-electron chi connectivity index (χ0n) is 13.2. The van der Waals surface area contributed by atoms with Crippen LogP contribution in [0.2, 0.25) is 0 Å². The first-order valence-corrected chi connectivity index (χ1v) is 9.55. The van der Waals surface area contributed by atoms with Gasteiger partial charge in [0.15, 0.2) is 0 Å². The molecule has 0 amide bonds. The van der Waals surface area contributed by atoms with Gasteiger partial charge in [0.25, 0.3) is 0 Å². The van der Waals surface area contributed by atoms with Gasteiger partial charge in [0, 0.05) is 30.5 Å². The summed E-state index contributed by atoms with van der Waals surface area (Å²) < 4.78 is 29.5. The van der Waals surface area contributed by atoms with E-state index in [0.29, 0.717) is 23.2 Å². The quantitative estimate of drug-likeness (QED) is 0.773. The highest BCUT2D eigenvalue weighted by molar-refractivity contribution is 7.89. The molecule has 0 radical (unpaired) electrons. The fourth-order valence-electron chi connectivity index (χ4n) is 3.09. The molecule has 2 heterocycles. The summed E-state index contributed by atoms with van der Waals surface area (Å²) in [6, 6.07) is 2.02. The Morgan fingerprint density at radius 2 is 2.00 bits per heavy atom. The average Bonchev–Trinajstić information content (AvgIpc) is 3.05. The van der Waals surface area contributed by atoms with Gasteiger partial charge in [-0.2, -0.15) is 4.31 Å². The molecule has 6 heteroatoms. The van der Waals surface area contributed by atoms with E-state index in [1.165, 1.54) is 0 Å². The minimum atomic E-state index is -3.42. The van der Waals surface area contributed by atoms with Gasteiger partial charge in [0.05, 0.1) is 5.88 Å². The van der Waals surface area contributed by atoms with E-state index in [0.717, 1.165) is 18.5 Å². The molecule has 120 valence electrons. The molecule has 0 aromatic carbocycles. The highest BCUT2D eigenvalue weighted by Gasteiger charge is 2.37. The summed E-state index contributed by atoms with van der Waals surface area (Å²) in [6.07, 6.45) is 3.62. The van der Waals surface area contributed by atoms with Crippen molar-refractivity contribution in [3.63, 3.8) is 0 Å². The molecule has 2 rings (SSSR count). The second-order valence-electron chi connectivity index (χ2n) is 6.37. The summed E-state index contributed by atoms with van der Waals surface area (Å²) in [5.74, 6) is 0.656. The van der Waals surface area contributed by atoms with Crippen molar-refractivity contribution >= 4 is 21.6 Å². The van der Waals surface area contributed by atoms with E-state index in [9.17, 15) is 8.42 Å². The van der Waals surface area contributed by atoms with E-state index in [1.807, 2.05) is 18.4 Å². The molecule has 0 aliphatic carbocycles. The maximum Gasteiger partial charge on any atom is 0.244 e. The van der Waals surface area contributed by atoms with Gasteiger partial charge in [0.2, 0.25) is 10.0 Å². The van der Waals surface area contributed by atoms with Crippen LogP contribution in [0.25, 0.3) is 0 Å². The third-order valence-corrected chi connectivity index (χ3v) is 6.39. The number of nitrogens with zero attached hydrogens (tertiary/aromatic N) is 2. The zero-order valence-corrected chi connectivity index (χ0v) is 14.8. The summed E-state index contributed by atoms with van der Waals surface area (Å²) in [5.41, 5.74) is 0.852. The summed E-state index contributed by atoms with van der Waals surface area (Å²) in [4.78, 5) is 0.374. The van der Waals surface area contributed by atoms with E-state index in [4.69, 9.17) is 11.6 Å².